The van der Waals surface area contributed by atoms with Crippen molar-refractivity contribution in [2.24, 2.45) is 23.6 Å². The van der Waals surface area contributed by atoms with E-state index in [1.54, 1.807) is 0 Å². The van der Waals surface area contributed by atoms with Crippen LogP contribution in [0.5, 0.6) is 0 Å². The van der Waals surface area contributed by atoms with Crippen LogP contribution in [0.25, 0.3) is 0 Å². The maximum atomic E-state index is 5.36. The second-order valence-electron chi connectivity index (χ2n) is 3.70. The number of nitrogens with one attached hydrogen (secondary N) is 1. The Hall–Kier alpha value is -0.0800. The molecule has 58 valence electrons. The lowest BCUT2D eigenvalue weighted by Crippen LogP contribution is -2.42. The van der Waals surface area contributed by atoms with E-state index in [9.17, 15) is 0 Å². The van der Waals surface area contributed by atoms with Gasteiger partial charge in [0.2, 0.25) is 0 Å². The zero-order valence-corrected chi connectivity index (χ0v) is 6.51. The van der Waals surface area contributed by atoms with E-state index in [-0.39, 0.29) is 0 Å². The molecule has 0 radical (unpaired) electrons. The Balaban J connectivity index is 1.78. The molecule has 0 amide bonds. The van der Waals surface area contributed by atoms with Gasteiger partial charge in [-0.3, -0.25) is 11.3 Å². The van der Waals surface area contributed by atoms with Crippen LogP contribution in [-0.4, -0.2) is 6.04 Å². The van der Waals surface area contributed by atoms with Crippen LogP contribution >= 0.6 is 0 Å². The van der Waals surface area contributed by atoms with Crippen LogP contribution < -0.4 is 11.3 Å². The van der Waals surface area contributed by atoms with Crippen molar-refractivity contribution in [2.45, 2.75) is 32.2 Å². The quantitative estimate of drug-likeness (QED) is 0.451. The molecule has 0 spiro atoms. The third-order valence-electron chi connectivity index (χ3n) is 3.22. The van der Waals surface area contributed by atoms with Crippen LogP contribution in [0.3, 0.4) is 0 Å². The van der Waals surface area contributed by atoms with Crippen molar-refractivity contribution < 1.29 is 0 Å². The van der Waals surface area contributed by atoms with E-state index in [1.807, 2.05) is 0 Å². The minimum absolute atomic E-state index is 0.668. The molecule has 4 unspecified atom stereocenters. The van der Waals surface area contributed by atoms with E-state index in [0.717, 1.165) is 17.8 Å². The summed E-state index contributed by atoms with van der Waals surface area (Å²) in [6.45, 7) is 2.27. The summed E-state index contributed by atoms with van der Waals surface area (Å²) < 4.78 is 0. The molecule has 4 atom stereocenters. The highest BCUT2D eigenvalue weighted by molar-refractivity contribution is 5.12. The maximum Gasteiger partial charge on any atom is 0.0247 e. The number of hydrazine groups is 1. The highest BCUT2D eigenvalue weighted by Crippen LogP contribution is 2.62. The molecule has 2 aliphatic carbocycles. The molecule has 2 rings (SSSR count). The van der Waals surface area contributed by atoms with Crippen molar-refractivity contribution >= 4 is 0 Å². The third-order valence-corrected chi connectivity index (χ3v) is 3.22. The van der Waals surface area contributed by atoms with Crippen molar-refractivity contribution in [3.63, 3.8) is 0 Å². The summed E-state index contributed by atoms with van der Waals surface area (Å²) in [5.74, 6) is 8.41. The molecule has 2 aliphatic rings. The number of fused-ring (bicyclic) bond motifs is 1. The molecule has 0 saturated heterocycles. The van der Waals surface area contributed by atoms with E-state index in [4.69, 9.17) is 5.84 Å². The number of nitrogens with two attached hydrogens (primary N) is 1. The molecule has 2 heteroatoms. The molecule has 2 saturated carbocycles. The normalized spacial score (nSPS) is 49.8. The molecule has 0 aromatic rings. The smallest absolute Gasteiger partial charge is 0.0247 e. The van der Waals surface area contributed by atoms with Gasteiger partial charge in [-0.05, 0) is 24.2 Å². The Morgan fingerprint density at radius 3 is 2.90 bits per heavy atom. The number of hydrogen-bond donors (Lipinski definition) is 2. The zero-order valence-electron chi connectivity index (χ0n) is 6.51. The highest BCUT2D eigenvalue weighted by atomic mass is 15.3. The third kappa shape index (κ3) is 0.722. The molecule has 0 bridgehead atoms. The summed E-state index contributed by atoms with van der Waals surface area (Å²) in [6.07, 6.45) is 4.11. The van der Waals surface area contributed by atoms with Crippen LogP contribution in [0.2, 0.25) is 0 Å². The molecule has 2 fully saturated rings. The van der Waals surface area contributed by atoms with Crippen LogP contribution in [-0.2, 0) is 0 Å². The first-order valence-electron chi connectivity index (χ1n) is 4.34. The molecular weight excluding hydrogens is 124 g/mol. The summed E-state index contributed by atoms with van der Waals surface area (Å²) in [6, 6.07) is 0.668. The Bertz CT molecular complexity index is 131. The average molecular weight is 140 g/mol. The maximum absolute atomic E-state index is 5.36. The van der Waals surface area contributed by atoms with Gasteiger partial charge in [-0.25, -0.2) is 0 Å². The monoisotopic (exact) mass is 140 g/mol. The van der Waals surface area contributed by atoms with Crippen LogP contribution in [0, 0.1) is 17.8 Å². The van der Waals surface area contributed by atoms with Gasteiger partial charge < -0.3 is 0 Å². The first kappa shape index (κ1) is 6.62. The van der Waals surface area contributed by atoms with E-state index < -0.39 is 0 Å². The Kier molecular flexibility index (Phi) is 1.46. The minimum atomic E-state index is 0.668. The minimum Gasteiger partial charge on any atom is -0.271 e. The lowest BCUT2D eigenvalue weighted by atomic mass is 9.94. The molecule has 0 aromatic carbocycles. The van der Waals surface area contributed by atoms with E-state index >= 15 is 0 Å². The van der Waals surface area contributed by atoms with E-state index in [1.165, 1.54) is 19.3 Å². The van der Waals surface area contributed by atoms with Gasteiger partial charge in [-0.2, -0.15) is 0 Å². The van der Waals surface area contributed by atoms with Gasteiger partial charge in [0, 0.05) is 6.04 Å². The van der Waals surface area contributed by atoms with Gasteiger partial charge in [0.25, 0.3) is 0 Å². The van der Waals surface area contributed by atoms with Crippen molar-refractivity contribution in [3.8, 4) is 0 Å². The fraction of sp³-hybridized carbons (Fsp3) is 1.00. The summed E-state index contributed by atoms with van der Waals surface area (Å²) in [7, 11) is 0. The SMILES string of the molecule is CCCC1C2CC(NN)C12. The zero-order chi connectivity index (χ0) is 7.14. The number of hydrogen-bond acceptors (Lipinski definition) is 2. The largest absolute Gasteiger partial charge is 0.271 e. The van der Waals surface area contributed by atoms with Crippen molar-refractivity contribution in [2.75, 3.05) is 0 Å². The molecule has 10 heavy (non-hydrogen) atoms. The second kappa shape index (κ2) is 2.21. The van der Waals surface area contributed by atoms with Crippen molar-refractivity contribution in [1.29, 1.82) is 0 Å². The van der Waals surface area contributed by atoms with Gasteiger partial charge in [0.05, 0.1) is 0 Å². The molecule has 0 aromatic heterocycles. The van der Waals surface area contributed by atoms with Crippen LogP contribution in [0.1, 0.15) is 26.2 Å². The lowest BCUT2D eigenvalue weighted by molar-refractivity contribution is 0.320. The topological polar surface area (TPSA) is 38.0 Å². The second-order valence-corrected chi connectivity index (χ2v) is 3.70. The van der Waals surface area contributed by atoms with Crippen LogP contribution in [0.15, 0.2) is 0 Å². The van der Waals surface area contributed by atoms with Crippen molar-refractivity contribution in [1.82, 2.24) is 5.43 Å². The fourth-order valence-corrected chi connectivity index (χ4v) is 2.58. The average Bonchev–Trinajstić information content (AvgIpc) is 2.38. The lowest BCUT2D eigenvalue weighted by Gasteiger charge is -2.22. The standard InChI is InChI=1S/C8H16N2/c1-2-3-5-6-4-7(10-9)8(5)6/h5-8,10H,2-4,9H2,1H3. The van der Waals surface area contributed by atoms with Gasteiger partial charge in [0.1, 0.15) is 0 Å². The van der Waals surface area contributed by atoms with Gasteiger partial charge in [0.15, 0.2) is 0 Å². The Labute approximate surface area is 62.1 Å². The van der Waals surface area contributed by atoms with E-state index in [0.29, 0.717) is 6.04 Å². The first-order valence-corrected chi connectivity index (χ1v) is 4.34. The fourth-order valence-electron chi connectivity index (χ4n) is 2.58. The van der Waals surface area contributed by atoms with E-state index in [2.05, 4.69) is 12.3 Å². The highest BCUT2D eigenvalue weighted by Gasteiger charge is 2.61. The van der Waals surface area contributed by atoms with Gasteiger partial charge >= 0.3 is 0 Å². The summed E-state index contributed by atoms with van der Waals surface area (Å²) in [4.78, 5) is 0. The Morgan fingerprint density at radius 1 is 1.60 bits per heavy atom. The predicted octanol–water partition coefficient (Wildman–Crippen LogP) is 0.884. The van der Waals surface area contributed by atoms with Gasteiger partial charge in [-0.15, -0.1) is 0 Å². The summed E-state index contributed by atoms with van der Waals surface area (Å²) >= 11 is 0. The first-order chi connectivity index (χ1) is 4.88. The number of rotatable bonds is 3. The van der Waals surface area contributed by atoms with Crippen LogP contribution in [0.4, 0.5) is 0 Å². The molecule has 2 nitrogen and oxygen atoms in total. The summed E-state index contributed by atoms with van der Waals surface area (Å²) in [5.41, 5.74) is 2.88. The Morgan fingerprint density at radius 2 is 2.40 bits per heavy atom. The van der Waals surface area contributed by atoms with Gasteiger partial charge in [-0.1, -0.05) is 19.8 Å². The molecule has 0 heterocycles. The molecule has 0 aliphatic heterocycles. The molecular formula is C8H16N2. The predicted molar refractivity (Wildman–Crippen MR) is 41.1 cm³/mol. The molecule has 3 N–H and O–H groups in total. The van der Waals surface area contributed by atoms with Crippen molar-refractivity contribution in [3.05, 3.63) is 0 Å². The summed E-state index contributed by atoms with van der Waals surface area (Å²) in [5, 5.41) is 0.